The Kier molecular flexibility index (Phi) is 7.45. The van der Waals surface area contributed by atoms with Crippen molar-refractivity contribution in [3.63, 3.8) is 0 Å². The molecule has 0 radical (unpaired) electrons. The number of hydrogen-bond donors (Lipinski definition) is 1. The van der Waals surface area contributed by atoms with Crippen LogP contribution in [0.25, 0.3) is 0 Å². The predicted octanol–water partition coefficient (Wildman–Crippen LogP) is 5.76. The van der Waals surface area contributed by atoms with Gasteiger partial charge in [-0.1, -0.05) is 0 Å². The van der Waals surface area contributed by atoms with E-state index >= 15 is 0 Å². The summed E-state index contributed by atoms with van der Waals surface area (Å²) in [5.41, 5.74) is 1.81. The van der Waals surface area contributed by atoms with Gasteiger partial charge in [0.15, 0.2) is 5.34 Å². The average Bonchev–Trinajstić information content (AvgIpc) is 3.25. The third kappa shape index (κ3) is 6.06. The Bertz CT molecular complexity index is 1090. The van der Waals surface area contributed by atoms with Crippen LogP contribution in [0.5, 0.6) is 11.5 Å². The molecule has 2 atom stereocenters. The molecule has 0 saturated heterocycles. The number of phenolic OH excluding ortho intramolecular Hbond substituents is 1. The van der Waals surface area contributed by atoms with Crippen LogP contribution in [0.15, 0.2) is 58.7 Å². The number of benzene rings is 2. The monoisotopic (exact) mass is 516 g/mol. The fraction of sp³-hybridized carbons (Fsp3) is 0.250. The van der Waals surface area contributed by atoms with Gasteiger partial charge in [-0.25, -0.2) is 4.78 Å². The van der Waals surface area contributed by atoms with Gasteiger partial charge in [-0.3, -0.25) is 4.78 Å². The molecule has 0 aromatic heterocycles. The van der Waals surface area contributed by atoms with E-state index in [0.717, 1.165) is 16.9 Å². The Labute approximate surface area is 198 Å². The lowest BCUT2D eigenvalue weighted by molar-refractivity contribution is 0.260. The van der Waals surface area contributed by atoms with Crippen molar-refractivity contribution in [2.75, 3.05) is 14.1 Å². The number of aromatic hydroxyl groups is 1. The number of ether oxygens (including phenoxy) is 1. The highest BCUT2D eigenvalue weighted by molar-refractivity contribution is 8.37. The van der Waals surface area contributed by atoms with E-state index in [4.69, 9.17) is 39.0 Å². The number of hydrazone groups is 2. The van der Waals surface area contributed by atoms with Crippen LogP contribution in [0.1, 0.15) is 25.0 Å². The largest absolute Gasteiger partial charge is 0.508 e. The Balaban J connectivity index is 1.62. The first kappa shape index (κ1) is 24.2. The second-order valence-corrected chi connectivity index (χ2v) is 17.9. The Morgan fingerprint density at radius 2 is 1.55 bits per heavy atom. The van der Waals surface area contributed by atoms with Crippen LogP contribution >= 0.6 is 35.1 Å². The van der Waals surface area contributed by atoms with Gasteiger partial charge in [0.1, 0.15) is 11.5 Å². The van der Waals surface area contributed by atoms with Crippen molar-refractivity contribution in [1.82, 2.24) is 9.56 Å². The standard InChI is InChI=1S/C20H24Cl2N4O2P2S/c1-15-20(2,29(15)25(3)23-13-16-5-9-18(27)10-6-16)28-19-11-7-17(8-12-19)14-24-26(4)30(21,22)31/h5-14,27,29H,1-4H3/b23-13+,24-14+. The van der Waals surface area contributed by atoms with Gasteiger partial charge in [0, 0.05) is 21.8 Å². The highest BCUT2D eigenvalue weighted by atomic mass is 35.9. The molecule has 1 N–H and O–H groups in total. The number of nitrogens with zero attached hydrogens (tertiary/aromatic N) is 4. The van der Waals surface area contributed by atoms with Crippen LogP contribution in [0, 0.1) is 0 Å². The second-order valence-electron chi connectivity index (χ2n) is 7.21. The highest BCUT2D eigenvalue weighted by Crippen LogP contribution is 2.61. The van der Waals surface area contributed by atoms with E-state index in [0.29, 0.717) is 0 Å². The molecular weight excluding hydrogens is 493 g/mol. The van der Waals surface area contributed by atoms with E-state index in [1.54, 1.807) is 31.6 Å². The molecule has 0 aliphatic carbocycles. The summed E-state index contributed by atoms with van der Waals surface area (Å²) in [7, 11) is 2.54. The summed E-state index contributed by atoms with van der Waals surface area (Å²) < 4.78 is 9.71. The van der Waals surface area contributed by atoms with E-state index in [1.165, 1.54) is 10.1 Å². The number of rotatable bonds is 8. The van der Waals surface area contributed by atoms with E-state index < -0.39 is 12.6 Å². The molecule has 0 amide bonds. The van der Waals surface area contributed by atoms with Crippen LogP contribution in [-0.4, -0.2) is 51.8 Å². The Morgan fingerprint density at radius 1 is 1.03 bits per heavy atom. The van der Waals surface area contributed by atoms with Crippen LogP contribution in [0.4, 0.5) is 0 Å². The van der Waals surface area contributed by atoms with E-state index in [2.05, 4.69) is 24.1 Å². The molecule has 0 saturated carbocycles. The molecule has 2 aromatic carbocycles. The van der Waals surface area contributed by atoms with Crippen molar-refractivity contribution >= 4 is 64.6 Å². The first-order chi connectivity index (χ1) is 14.5. The van der Waals surface area contributed by atoms with Crippen LogP contribution in [0.2, 0.25) is 0 Å². The van der Waals surface area contributed by atoms with Crippen molar-refractivity contribution in [1.29, 1.82) is 0 Å². The van der Waals surface area contributed by atoms with Crippen LogP contribution in [0.3, 0.4) is 0 Å². The fourth-order valence-corrected chi connectivity index (χ4v) is 6.23. The third-order valence-electron chi connectivity index (χ3n) is 4.97. The van der Waals surface area contributed by atoms with Crippen molar-refractivity contribution in [3.05, 3.63) is 59.7 Å². The molecule has 2 aromatic rings. The average molecular weight is 517 g/mol. The summed E-state index contributed by atoms with van der Waals surface area (Å²) in [4.78, 5) is -2.61. The maximum atomic E-state index is 9.39. The van der Waals surface area contributed by atoms with Crippen molar-refractivity contribution in [2.45, 2.75) is 19.2 Å². The lowest BCUT2D eigenvalue weighted by atomic mass is 10.2. The first-order valence-corrected chi connectivity index (χ1v) is 15.4. The maximum absolute atomic E-state index is 9.39. The lowest BCUT2D eigenvalue weighted by Gasteiger charge is -2.21. The summed E-state index contributed by atoms with van der Waals surface area (Å²) in [5.74, 6) is 1.02. The van der Waals surface area contributed by atoms with Gasteiger partial charge in [-0.05, 0) is 113 Å². The molecule has 11 heteroatoms. The maximum Gasteiger partial charge on any atom is 0.222 e. The Hall–Kier alpha value is -1.49. The molecule has 1 aliphatic heterocycles. The van der Waals surface area contributed by atoms with E-state index in [9.17, 15) is 5.11 Å². The zero-order valence-electron chi connectivity index (χ0n) is 17.5. The van der Waals surface area contributed by atoms with Gasteiger partial charge in [0.05, 0.1) is 12.4 Å². The zero-order valence-corrected chi connectivity index (χ0v) is 21.8. The van der Waals surface area contributed by atoms with E-state index in [1.807, 2.05) is 48.2 Å². The minimum absolute atomic E-state index is 0.238. The summed E-state index contributed by atoms with van der Waals surface area (Å²) in [6.07, 6.45) is 3.45. The summed E-state index contributed by atoms with van der Waals surface area (Å²) in [6, 6.07) is 14.6. The summed E-state index contributed by atoms with van der Waals surface area (Å²) in [5, 5.41) is 19.1. The second kappa shape index (κ2) is 9.56. The zero-order chi connectivity index (χ0) is 22.8. The molecule has 2 unspecified atom stereocenters. The summed E-state index contributed by atoms with van der Waals surface area (Å²) in [6.45, 7) is 4.21. The Morgan fingerprint density at radius 3 is 2.10 bits per heavy atom. The van der Waals surface area contributed by atoms with Gasteiger partial charge in [0.2, 0.25) is 4.89 Å². The number of halogens is 2. The lowest BCUT2D eigenvalue weighted by Crippen LogP contribution is -2.22. The first-order valence-electron chi connectivity index (χ1n) is 9.36. The molecule has 0 spiro atoms. The minimum Gasteiger partial charge on any atom is -0.508 e. The minimum atomic E-state index is -2.61. The fourth-order valence-electron chi connectivity index (χ4n) is 3.00. The highest BCUT2D eigenvalue weighted by Gasteiger charge is 2.50. The van der Waals surface area contributed by atoms with Gasteiger partial charge in [-0.15, -0.1) is 0 Å². The molecule has 1 heterocycles. The topological polar surface area (TPSA) is 60.7 Å². The van der Waals surface area contributed by atoms with Gasteiger partial charge in [-0.2, -0.15) is 10.2 Å². The summed E-state index contributed by atoms with van der Waals surface area (Å²) >= 11 is 16.9. The van der Waals surface area contributed by atoms with Crippen molar-refractivity contribution in [3.8, 4) is 11.5 Å². The molecule has 6 nitrogen and oxygen atoms in total. The molecule has 166 valence electrons. The molecule has 1 aliphatic rings. The van der Waals surface area contributed by atoms with E-state index in [-0.39, 0.29) is 11.1 Å². The van der Waals surface area contributed by atoms with Crippen LogP contribution in [-0.2, 0) is 11.8 Å². The van der Waals surface area contributed by atoms with Crippen molar-refractivity contribution in [2.24, 2.45) is 10.2 Å². The number of phenols is 1. The molecule has 0 fully saturated rings. The van der Waals surface area contributed by atoms with Crippen LogP contribution < -0.4 is 4.74 Å². The SMILES string of the molecule is CC1=[PH](N(C)/N=C/c2ccc(O)cc2)C1(C)Oc1ccc(/C=N/N(C)P(=S)(Cl)Cl)cc1. The smallest absolute Gasteiger partial charge is 0.222 e. The predicted molar refractivity (Wildman–Crippen MR) is 139 cm³/mol. The molecule has 31 heavy (non-hydrogen) atoms. The quantitative estimate of drug-likeness (QED) is 0.274. The molecular formula is C20H24Cl2N4O2P2S. The van der Waals surface area contributed by atoms with Crippen molar-refractivity contribution < 1.29 is 9.84 Å². The molecule has 3 rings (SSSR count). The van der Waals surface area contributed by atoms with Gasteiger partial charge < -0.3 is 9.84 Å². The van der Waals surface area contributed by atoms with Gasteiger partial charge >= 0.3 is 0 Å². The number of hydrogen-bond acceptors (Lipinski definition) is 6. The molecule has 0 bridgehead atoms. The third-order valence-corrected chi connectivity index (χ3v) is 10.8. The van der Waals surface area contributed by atoms with Gasteiger partial charge in [0.25, 0.3) is 0 Å². The normalized spacial score (nSPS) is 21.0.